The summed E-state index contributed by atoms with van der Waals surface area (Å²) in [5.41, 5.74) is 0.571. The van der Waals surface area contributed by atoms with E-state index in [1.165, 1.54) is 0 Å². The van der Waals surface area contributed by atoms with Crippen molar-refractivity contribution in [2.75, 3.05) is 19.0 Å². The van der Waals surface area contributed by atoms with Crippen molar-refractivity contribution >= 4 is 17.5 Å². The molecule has 0 radical (unpaired) electrons. The highest BCUT2D eigenvalue weighted by Crippen LogP contribution is 2.21. The number of alkyl halides is 1. The molecular weight excluding hydrogens is 214 g/mol. The lowest BCUT2D eigenvalue weighted by Gasteiger charge is -2.14. The van der Waals surface area contributed by atoms with E-state index in [9.17, 15) is 4.79 Å². The fourth-order valence-electron chi connectivity index (χ4n) is 1.95. The zero-order chi connectivity index (χ0) is 10.7. The van der Waals surface area contributed by atoms with Crippen molar-refractivity contribution in [1.29, 1.82) is 0 Å². The minimum Gasteiger partial charge on any atom is -0.337 e. The van der Waals surface area contributed by atoms with Gasteiger partial charge in [0.1, 0.15) is 5.69 Å². The summed E-state index contributed by atoms with van der Waals surface area (Å²) in [6.07, 6.45) is 3.65. The van der Waals surface area contributed by atoms with Gasteiger partial charge in [-0.3, -0.25) is 9.89 Å². The molecule has 1 atom stereocenters. The molecule has 0 bridgehead atoms. The molecular formula is C10H14ClN3O. The minimum atomic E-state index is 0.0459. The minimum absolute atomic E-state index is 0.0459. The molecule has 1 aliphatic heterocycles. The maximum atomic E-state index is 11.9. The standard InChI is InChI=1S/C10H14ClN3O/c11-4-1-8-3-6-14(7-8)10(15)9-2-5-12-13-9/h2,5,8H,1,3-4,6-7H2,(H,12,13). The summed E-state index contributed by atoms with van der Waals surface area (Å²) in [4.78, 5) is 13.7. The molecule has 5 heteroatoms. The predicted molar refractivity (Wildman–Crippen MR) is 57.9 cm³/mol. The summed E-state index contributed by atoms with van der Waals surface area (Å²) in [7, 11) is 0. The number of aromatic amines is 1. The first kappa shape index (κ1) is 10.5. The zero-order valence-corrected chi connectivity index (χ0v) is 9.20. The van der Waals surface area contributed by atoms with E-state index in [1.807, 2.05) is 4.90 Å². The molecule has 1 aromatic heterocycles. The quantitative estimate of drug-likeness (QED) is 0.796. The molecule has 1 amide bonds. The zero-order valence-electron chi connectivity index (χ0n) is 8.45. The highest BCUT2D eigenvalue weighted by atomic mass is 35.5. The topological polar surface area (TPSA) is 49.0 Å². The number of hydrogen-bond acceptors (Lipinski definition) is 2. The number of hydrogen-bond donors (Lipinski definition) is 1. The average molecular weight is 228 g/mol. The second kappa shape index (κ2) is 4.66. The smallest absolute Gasteiger partial charge is 0.271 e. The van der Waals surface area contributed by atoms with Crippen LogP contribution in [0.15, 0.2) is 12.3 Å². The number of nitrogens with zero attached hydrogens (tertiary/aromatic N) is 2. The van der Waals surface area contributed by atoms with Gasteiger partial charge in [-0.15, -0.1) is 11.6 Å². The maximum Gasteiger partial charge on any atom is 0.271 e. The van der Waals surface area contributed by atoms with Gasteiger partial charge in [0.05, 0.1) is 0 Å². The lowest BCUT2D eigenvalue weighted by atomic mass is 10.1. The van der Waals surface area contributed by atoms with Crippen LogP contribution in [-0.2, 0) is 0 Å². The van der Waals surface area contributed by atoms with Crippen LogP contribution in [0.3, 0.4) is 0 Å². The second-order valence-corrected chi connectivity index (χ2v) is 4.23. The Kier molecular flexibility index (Phi) is 3.26. The number of halogens is 1. The summed E-state index contributed by atoms with van der Waals surface area (Å²) < 4.78 is 0. The molecule has 2 rings (SSSR count). The first-order chi connectivity index (χ1) is 7.31. The Morgan fingerprint density at radius 2 is 2.60 bits per heavy atom. The van der Waals surface area contributed by atoms with Crippen molar-refractivity contribution in [2.45, 2.75) is 12.8 Å². The molecule has 4 nitrogen and oxygen atoms in total. The van der Waals surface area contributed by atoms with Crippen LogP contribution in [0.5, 0.6) is 0 Å². The van der Waals surface area contributed by atoms with Crippen LogP contribution in [0, 0.1) is 5.92 Å². The fourth-order valence-corrected chi connectivity index (χ4v) is 2.26. The van der Waals surface area contributed by atoms with E-state index in [1.54, 1.807) is 12.3 Å². The van der Waals surface area contributed by atoms with Crippen molar-refractivity contribution in [1.82, 2.24) is 15.1 Å². The molecule has 1 fully saturated rings. The van der Waals surface area contributed by atoms with Crippen molar-refractivity contribution in [3.05, 3.63) is 18.0 Å². The Balaban J connectivity index is 1.93. The van der Waals surface area contributed by atoms with Crippen molar-refractivity contribution in [2.24, 2.45) is 5.92 Å². The SMILES string of the molecule is O=C(c1ccn[nH]1)N1CCC(CCCl)C1. The number of carbonyl (C=O) groups excluding carboxylic acids is 1. The van der Waals surface area contributed by atoms with Gasteiger partial charge in [0, 0.05) is 25.2 Å². The van der Waals surface area contributed by atoms with Crippen LogP contribution in [0.25, 0.3) is 0 Å². The monoisotopic (exact) mass is 227 g/mol. The van der Waals surface area contributed by atoms with Gasteiger partial charge in [-0.1, -0.05) is 0 Å². The van der Waals surface area contributed by atoms with Crippen molar-refractivity contribution in [3.63, 3.8) is 0 Å². The number of H-pyrrole nitrogens is 1. The van der Waals surface area contributed by atoms with Gasteiger partial charge < -0.3 is 4.90 Å². The van der Waals surface area contributed by atoms with E-state index in [0.717, 1.165) is 25.9 Å². The number of likely N-dealkylation sites (tertiary alicyclic amines) is 1. The number of aromatic nitrogens is 2. The molecule has 0 saturated carbocycles. The van der Waals surface area contributed by atoms with Crippen LogP contribution in [0.4, 0.5) is 0 Å². The normalized spacial score (nSPS) is 20.9. The number of carbonyl (C=O) groups is 1. The molecule has 1 unspecified atom stereocenters. The molecule has 0 aromatic carbocycles. The van der Waals surface area contributed by atoms with E-state index < -0.39 is 0 Å². The molecule has 82 valence electrons. The summed E-state index contributed by atoms with van der Waals surface area (Å²) in [5, 5.41) is 6.47. The van der Waals surface area contributed by atoms with Crippen molar-refractivity contribution in [3.8, 4) is 0 Å². The van der Waals surface area contributed by atoms with E-state index >= 15 is 0 Å². The fraction of sp³-hybridized carbons (Fsp3) is 0.600. The van der Waals surface area contributed by atoms with Gasteiger partial charge in [0.15, 0.2) is 0 Å². The Bertz CT molecular complexity index is 325. The van der Waals surface area contributed by atoms with Gasteiger partial charge in [0.25, 0.3) is 5.91 Å². The Morgan fingerprint density at radius 3 is 3.27 bits per heavy atom. The first-order valence-corrected chi connectivity index (χ1v) is 5.69. The number of nitrogens with one attached hydrogen (secondary N) is 1. The summed E-state index contributed by atoms with van der Waals surface area (Å²) in [6, 6.07) is 1.71. The third-order valence-electron chi connectivity index (χ3n) is 2.82. The highest BCUT2D eigenvalue weighted by Gasteiger charge is 2.26. The van der Waals surface area contributed by atoms with E-state index in [2.05, 4.69) is 10.2 Å². The molecule has 1 N–H and O–H groups in total. The van der Waals surface area contributed by atoms with Crippen molar-refractivity contribution < 1.29 is 4.79 Å². The molecule has 0 aliphatic carbocycles. The third-order valence-corrected chi connectivity index (χ3v) is 3.04. The molecule has 1 saturated heterocycles. The number of amides is 1. The van der Waals surface area contributed by atoms with Crippen LogP contribution in [0.2, 0.25) is 0 Å². The molecule has 0 spiro atoms. The van der Waals surface area contributed by atoms with Crippen LogP contribution < -0.4 is 0 Å². The largest absolute Gasteiger partial charge is 0.337 e. The van der Waals surface area contributed by atoms with Gasteiger partial charge in [-0.05, 0) is 24.8 Å². The summed E-state index contributed by atoms with van der Waals surface area (Å²) in [5.74, 6) is 1.29. The Morgan fingerprint density at radius 1 is 1.73 bits per heavy atom. The molecule has 1 aromatic rings. The number of rotatable bonds is 3. The molecule has 1 aliphatic rings. The Hall–Kier alpha value is -1.03. The third kappa shape index (κ3) is 2.31. The maximum absolute atomic E-state index is 11.9. The second-order valence-electron chi connectivity index (χ2n) is 3.85. The Labute approximate surface area is 93.6 Å². The van der Waals surface area contributed by atoms with Crippen LogP contribution >= 0.6 is 11.6 Å². The van der Waals surface area contributed by atoms with E-state index in [4.69, 9.17) is 11.6 Å². The van der Waals surface area contributed by atoms with E-state index in [0.29, 0.717) is 17.5 Å². The van der Waals surface area contributed by atoms with Crippen LogP contribution in [-0.4, -0.2) is 40.0 Å². The van der Waals surface area contributed by atoms with E-state index in [-0.39, 0.29) is 5.91 Å². The first-order valence-electron chi connectivity index (χ1n) is 5.16. The predicted octanol–water partition coefficient (Wildman–Crippen LogP) is 1.50. The highest BCUT2D eigenvalue weighted by molar-refractivity contribution is 6.17. The molecule has 2 heterocycles. The van der Waals surface area contributed by atoms with Gasteiger partial charge in [0.2, 0.25) is 0 Å². The van der Waals surface area contributed by atoms with Crippen LogP contribution in [0.1, 0.15) is 23.3 Å². The summed E-state index contributed by atoms with van der Waals surface area (Å²) in [6.45, 7) is 1.66. The van der Waals surface area contributed by atoms with Gasteiger partial charge in [-0.2, -0.15) is 5.10 Å². The summed E-state index contributed by atoms with van der Waals surface area (Å²) >= 11 is 5.69. The lowest BCUT2D eigenvalue weighted by molar-refractivity contribution is 0.0781. The van der Waals surface area contributed by atoms with Gasteiger partial charge >= 0.3 is 0 Å². The lowest BCUT2D eigenvalue weighted by Crippen LogP contribution is -2.29. The average Bonchev–Trinajstić information content (AvgIpc) is 2.87. The van der Waals surface area contributed by atoms with Gasteiger partial charge in [-0.25, -0.2) is 0 Å². The molecule has 15 heavy (non-hydrogen) atoms.